The molecule has 0 aliphatic carbocycles. The lowest BCUT2D eigenvalue weighted by Gasteiger charge is -2.35. The van der Waals surface area contributed by atoms with Gasteiger partial charge in [0, 0.05) is 16.6 Å². The van der Waals surface area contributed by atoms with E-state index in [-0.39, 0.29) is 18.9 Å². The summed E-state index contributed by atoms with van der Waals surface area (Å²) in [7, 11) is 0. The summed E-state index contributed by atoms with van der Waals surface area (Å²) >= 11 is 3.34. The molecule has 1 fully saturated rings. The maximum atomic E-state index is 12.6. The van der Waals surface area contributed by atoms with Crippen molar-refractivity contribution in [2.45, 2.75) is 44.9 Å². The molecule has 1 aromatic rings. The maximum Gasteiger partial charge on any atom is 0.408 e. The van der Waals surface area contributed by atoms with Gasteiger partial charge < -0.3 is 20.1 Å². The Hall–Kier alpha value is -1.60. The Bertz CT molecular complexity index is 583. The molecule has 2 rings (SSSR count). The number of hydrogen-bond donors (Lipinski definition) is 2. The molecule has 0 spiro atoms. The Morgan fingerprint density at radius 3 is 2.52 bits per heavy atom. The highest BCUT2D eigenvalue weighted by Gasteiger charge is 2.36. The Morgan fingerprint density at radius 2 is 1.96 bits per heavy atom. The van der Waals surface area contributed by atoms with Crippen LogP contribution in [0.15, 0.2) is 28.7 Å². The molecule has 0 saturated carbocycles. The summed E-state index contributed by atoms with van der Waals surface area (Å²) in [4.78, 5) is 25.9. The maximum absolute atomic E-state index is 12.6. The highest BCUT2D eigenvalue weighted by atomic mass is 79.9. The van der Waals surface area contributed by atoms with Gasteiger partial charge in [0.15, 0.2) is 0 Å². The van der Waals surface area contributed by atoms with E-state index < -0.39 is 23.8 Å². The van der Waals surface area contributed by atoms with E-state index in [0.29, 0.717) is 5.69 Å². The highest BCUT2D eigenvalue weighted by molar-refractivity contribution is 9.10. The second kappa shape index (κ2) is 6.88. The van der Waals surface area contributed by atoms with Crippen LogP contribution in [0.2, 0.25) is 0 Å². The van der Waals surface area contributed by atoms with Gasteiger partial charge in [-0.25, -0.2) is 4.79 Å². The van der Waals surface area contributed by atoms with E-state index in [1.165, 1.54) is 4.90 Å². The number of carbonyl (C=O) groups is 2. The normalized spacial score (nSPS) is 22.0. The van der Waals surface area contributed by atoms with E-state index >= 15 is 0 Å². The van der Waals surface area contributed by atoms with Gasteiger partial charge in [0.05, 0.1) is 12.6 Å². The number of nitrogens with one attached hydrogen (secondary N) is 1. The molecule has 2 N–H and O–H groups in total. The lowest BCUT2D eigenvalue weighted by atomic mass is 10.0. The third-order valence-corrected chi connectivity index (χ3v) is 3.82. The average molecular weight is 385 g/mol. The number of halogens is 1. The zero-order chi connectivity index (χ0) is 17.2. The van der Waals surface area contributed by atoms with Crippen molar-refractivity contribution in [1.29, 1.82) is 0 Å². The molecule has 126 valence electrons. The van der Waals surface area contributed by atoms with E-state index in [4.69, 9.17) is 4.74 Å². The van der Waals surface area contributed by atoms with Crippen LogP contribution < -0.4 is 10.2 Å². The molecule has 7 heteroatoms. The van der Waals surface area contributed by atoms with Gasteiger partial charge in [0.25, 0.3) is 0 Å². The van der Waals surface area contributed by atoms with Gasteiger partial charge in [-0.15, -0.1) is 0 Å². The number of hydrogen-bond acceptors (Lipinski definition) is 4. The van der Waals surface area contributed by atoms with Gasteiger partial charge >= 0.3 is 6.09 Å². The second-order valence-corrected chi connectivity index (χ2v) is 7.43. The number of piperidine rings is 1. The second-order valence-electron chi connectivity index (χ2n) is 6.51. The highest BCUT2D eigenvalue weighted by Crippen LogP contribution is 2.23. The molecule has 1 saturated heterocycles. The van der Waals surface area contributed by atoms with E-state index in [2.05, 4.69) is 21.2 Å². The van der Waals surface area contributed by atoms with Crippen molar-refractivity contribution in [3.63, 3.8) is 0 Å². The minimum absolute atomic E-state index is 0.172. The number of alkyl carbamates (subject to hydrolysis) is 1. The van der Waals surface area contributed by atoms with E-state index in [0.717, 1.165) is 4.47 Å². The zero-order valence-corrected chi connectivity index (χ0v) is 15.0. The van der Waals surface area contributed by atoms with Crippen LogP contribution in [0, 0.1) is 0 Å². The summed E-state index contributed by atoms with van der Waals surface area (Å²) in [6, 6.07) is 6.40. The molecule has 1 aliphatic rings. The fourth-order valence-corrected chi connectivity index (χ4v) is 2.62. The fraction of sp³-hybridized carbons (Fsp3) is 0.500. The van der Waals surface area contributed by atoms with Crippen LogP contribution in [0.3, 0.4) is 0 Å². The molecule has 0 unspecified atom stereocenters. The summed E-state index contributed by atoms with van der Waals surface area (Å²) in [6.45, 7) is 5.45. The van der Waals surface area contributed by atoms with Crippen molar-refractivity contribution in [2.24, 2.45) is 0 Å². The Balaban J connectivity index is 2.11. The van der Waals surface area contributed by atoms with Gasteiger partial charge in [-0.1, -0.05) is 15.9 Å². The molecule has 6 nitrogen and oxygen atoms in total. The quantitative estimate of drug-likeness (QED) is 0.820. The topological polar surface area (TPSA) is 78.9 Å². The van der Waals surface area contributed by atoms with Crippen molar-refractivity contribution in [2.75, 3.05) is 11.4 Å². The van der Waals surface area contributed by atoms with Gasteiger partial charge in [0.2, 0.25) is 5.91 Å². The van der Waals surface area contributed by atoms with Crippen LogP contribution >= 0.6 is 15.9 Å². The van der Waals surface area contributed by atoms with Crippen molar-refractivity contribution in [3.05, 3.63) is 28.7 Å². The number of ether oxygens (including phenoxy) is 1. The molecule has 1 aromatic carbocycles. The lowest BCUT2D eigenvalue weighted by Crippen LogP contribution is -2.57. The molecular formula is C16H21BrN2O4. The number of carbonyl (C=O) groups excluding carboxylic acids is 2. The van der Waals surface area contributed by atoms with Crippen LogP contribution in [0.1, 0.15) is 27.2 Å². The number of β-amino-alcohol motifs (C(OH)–C–C–N with tert-alkyl or cyclic N) is 1. The number of anilines is 1. The summed E-state index contributed by atoms with van der Waals surface area (Å²) in [5.74, 6) is -0.261. The van der Waals surface area contributed by atoms with Crippen molar-refractivity contribution < 1.29 is 19.4 Å². The van der Waals surface area contributed by atoms with Crippen LogP contribution in [-0.4, -0.2) is 41.4 Å². The Kier molecular flexibility index (Phi) is 5.31. The first-order chi connectivity index (χ1) is 10.7. The molecule has 0 radical (unpaired) electrons. The number of benzene rings is 1. The lowest BCUT2D eigenvalue weighted by molar-refractivity contribution is -0.123. The van der Waals surface area contributed by atoms with Crippen LogP contribution in [0.5, 0.6) is 0 Å². The molecule has 1 heterocycles. The number of aliphatic hydroxyl groups excluding tert-OH is 1. The summed E-state index contributed by atoms with van der Waals surface area (Å²) in [5, 5.41) is 12.6. The molecule has 1 aliphatic heterocycles. The van der Waals surface area contributed by atoms with Crippen LogP contribution in [-0.2, 0) is 9.53 Å². The first kappa shape index (κ1) is 17.7. The molecular weight excluding hydrogens is 364 g/mol. The van der Waals surface area contributed by atoms with E-state index in [9.17, 15) is 14.7 Å². The number of aliphatic hydroxyl groups is 1. The minimum atomic E-state index is -0.808. The van der Waals surface area contributed by atoms with Crippen molar-refractivity contribution >= 4 is 33.6 Å². The predicted molar refractivity (Wildman–Crippen MR) is 90.3 cm³/mol. The fourth-order valence-electron chi connectivity index (χ4n) is 2.36. The number of nitrogens with zero attached hydrogens (tertiary/aromatic N) is 1. The van der Waals surface area contributed by atoms with Gasteiger partial charge in [-0.2, -0.15) is 0 Å². The monoisotopic (exact) mass is 384 g/mol. The Morgan fingerprint density at radius 1 is 1.35 bits per heavy atom. The Labute approximate surface area is 143 Å². The van der Waals surface area contributed by atoms with E-state index in [1.54, 1.807) is 32.9 Å². The first-order valence-electron chi connectivity index (χ1n) is 7.40. The molecule has 2 amide bonds. The average Bonchev–Trinajstić information content (AvgIpc) is 2.41. The first-order valence-corrected chi connectivity index (χ1v) is 8.19. The standard InChI is InChI=1S/C16H21BrN2O4/c1-16(2,3)23-15(22)18-13-8-12(20)9-19(14(13)21)11-6-4-10(17)5-7-11/h4-7,12-13,20H,8-9H2,1-3H3,(H,18,22)/t12-,13-/m0/s1. The molecule has 0 aromatic heterocycles. The van der Waals surface area contributed by atoms with Gasteiger partial charge in [-0.3, -0.25) is 4.79 Å². The number of rotatable bonds is 2. The molecule has 2 atom stereocenters. The largest absolute Gasteiger partial charge is 0.444 e. The smallest absolute Gasteiger partial charge is 0.408 e. The zero-order valence-electron chi connectivity index (χ0n) is 13.4. The summed E-state index contributed by atoms with van der Waals surface area (Å²) < 4.78 is 6.07. The SMILES string of the molecule is CC(C)(C)OC(=O)N[C@H]1C[C@H](O)CN(c2ccc(Br)cc2)C1=O. The summed E-state index contributed by atoms with van der Waals surface area (Å²) in [6.07, 6.45) is -1.21. The number of amides is 2. The van der Waals surface area contributed by atoms with Crippen LogP contribution in [0.25, 0.3) is 0 Å². The molecule has 0 bridgehead atoms. The van der Waals surface area contributed by atoms with Gasteiger partial charge in [-0.05, 0) is 45.0 Å². The third kappa shape index (κ3) is 4.94. The molecule has 23 heavy (non-hydrogen) atoms. The summed E-state index contributed by atoms with van der Waals surface area (Å²) in [5.41, 5.74) is 0.0270. The van der Waals surface area contributed by atoms with Crippen LogP contribution in [0.4, 0.5) is 10.5 Å². The predicted octanol–water partition coefficient (Wildman–Crippen LogP) is 2.44. The van der Waals surface area contributed by atoms with Crippen molar-refractivity contribution in [3.8, 4) is 0 Å². The van der Waals surface area contributed by atoms with Crippen molar-refractivity contribution in [1.82, 2.24) is 5.32 Å². The van der Waals surface area contributed by atoms with Gasteiger partial charge in [0.1, 0.15) is 11.6 Å². The van der Waals surface area contributed by atoms with E-state index in [1.807, 2.05) is 12.1 Å². The minimum Gasteiger partial charge on any atom is -0.444 e. The third-order valence-electron chi connectivity index (χ3n) is 3.29.